The monoisotopic (exact) mass is 388 g/mol. The van der Waals surface area contributed by atoms with Crippen LogP contribution in [0.15, 0.2) is 0 Å². The lowest BCUT2D eigenvalue weighted by molar-refractivity contribution is -0.157. The summed E-state index contributed by atoms with van der Waals surface area (Å²) in [4.78, 5) is 24.5. The summed E-state index contributed by atoms with van der Waals surface area (Å²) >= 11 is 0. The molecule has 9 nitrogen and oxygen atoms in total. The summed E-state index contributed by atoms with van der Waals surface area (Å²) in [6.07, 6.45) is -0.666. The Kier molecular flexibility index (Phi) is 9.57. The molecule has 0 aliphatic carbocycles. The SMILES string of the molecule is COC(=O)C(CCP(=O)(OC)OC)(CCP(=O)(OC)OC)C(C)=O. The number of hydrogen-bond donors (Lipinski definition) is 0. The van der Waals surface area contributed by atoms with Crippen LogP contribution in [0, 0.1) is 5.41 Å². The Bertz CT molecular complexity index is 486. The normalized spacial score (nSPS) is 12.9. The van der Waals surface area contributed by atoms with E-state index >= 15 is 0 Å². The average Bonchev–Trinajstić information content (AvgIpc) is 2.60. The Morgan fingerprint density at radius 2 is 1.12 bits per heavy atom. The lowest BCUT2D eigenvalue weighted by atomic mass is 9.79. The number of hydrogen-bond acceptors (Lipinski definition) is 9. The van der Waals surface area contributed by atoms with Crippen LogP contribution in [0.4, 0.5) is 0 Å². The number of rotatable bonds is 12. The third-order valence-corrected chi connectivity index (χ3v) is 7.76. The van der Waals surface area contributed by atoms with Crippen molar-refractivity contribution in [2.75, 3.05) is 47.9 Å². The predicted octanol–water partition coefficient (Wildman–Crippen LogP) is 2.49. The topological polar surface area (TPSA) is 114 Å². The molecule has 0 saturated carbocycles. The van der Waals surface area contributed by atoms with Gasteiger partial charge in [0, 0.05) is 28.4 Å². The molecule has 0 fully saturated rings. The van der Waals surface area contributed by atoms with Gasteiger partial charge in [-0.2, -0.15) is 0 Å². The highest BCUT2D eigenvalue weighted by atomic mass is 31.2. The fraction of sp³-hybridized carbons (Fsp3) is 0.846. The first-order chi connectivity index (χ1) is 11.1. The van der Waals surface area contributed by atoms with E-state index in [0.717, 1.165) is 7.11 Å². The molecule has 0 radical (unpaired) electrons. The summed E-state index contributed by atoms with van der Waals surface area (Å²) < 4.78 is 48.5. The van der Waals surface area contributed by atoms with Gasteiger partial charge in [-0.15, -0.1) is 0 Å². The fourth-order valence-electron chi connectivity index (χ4n) is 2.19. The van der Waals surface area contributed by atoms with Crippen molar-refractivity contribution < 1.29 is 41.6 Å². The van der Waals surface area contributed by atoms with Gasteiger partial charge in [0.2, 0.25) is 0 Å². The van der Waals surface area contributed by atoms with Gasteiger partial charge in [-0.3, -0.25) is 18.7 Å². The first-order valence-corrected chi connectivity index (χ1v) is 10.5. The summed E-state index contributed by atoms with van der Waals surface area (Å²) in [5.74, 6) is -1.32. The van der Waals surface area contributed by atoms with E-state index in [9.17, 15) is 18.7 Å². The third-order valence-electron chi connectivity index (χ3n) is 3.99. The van der Waals surface area contributed by atoms with Gasteiger partial charge in [0.15, 0.2) is 0 Å². The quantitative estimate of drug-likeness (QED) is 0.282. The number of Topliss-reactive ketones (excluding diaryl/α,β-unsaturated/α-hetero) is 1. The molecule has 0 aromatic heterocycles. The largest absolute Gasteiger partial charge is 0.468 e. The van der Waals surface area contributed by atoms with Crippen molar-refractivity contribution >= 4 is 26.9 Å². The van der Waals surface area contributed by atoms with Gasteiger partial charge in [0.05, 0.1) is 19.4 Å². The summed E-state index contributed by atoms with van der Waals surface area (Å²) in [5, 5.41) is 0. The maximum Gasteiger partial charge on any atom is 0.330 e. The first-order valence-electron chi connectivity index (χ1n) is 7.09. The molecule has 0 aliphatic heterocycles. The van der Waals surface area contributed by atoms with E-state index < -0.39 is 32.4 Å². The van der Waals surface area contributed by atoms with E-state index in [1.807, 2.05) is 0 Å². The molecule has 24 heavy (non-hydrogen) atoms. The van der Waals surface area contributed by atoms with Crippen LogP contribution in [0.1, 0.15) is 19.8 Å². The van der Waals surface area contributed by atoms with Crippen molar-refractivity contribution in [3.05, 3.63) is 0 Å². The maximum absolute atomic E-state index is 12.3. The van der Waals surface area contributed by atoms with E-state index in [0.29, 0.717) is 0 Å². The smallest absolute Gasteiger partial charge is 0.330 e. The number of carbonyl (C=O) groups excluding carboxylic acids is 2. The molecule has 0 unspecified atom stereocenters. The molecule has 0 aliphatic rings. The minimum absolute atomic E-state index is 0.151. The number of ether oxygens (including phenoxy) is 1. The number of ketones is 1. The van der Waals surface area contributed by atoms with Crippen LogP contribution in [0.25, 0.3) is 0 Å². The molecule has 0 atom stereocenters. The highest BCUT2D eigenvalue weighted by molar-refractivity contribution is 7.54. The second-order valence-electron chi connectivity index (χ2n) is 5.03. The van der Waals surface area contributed by atoms with Crippen molar-refractivity contribution in [3.8, 4) is 0 Å². The Hall–Kier alpha value is -0.560. The highest BCUT2D eigenvalue weighted by Gasteiger charge is 2.47. The van der Waals surface area contributed by atoms with Crippen molar-refractivity contribution in [1.29, 1.82) is 0 Å². The second kappa shape index (κ2) is 9.80. The van der Waals surface area contributed by atoms with Gasteiger partial charge >= 0.3 is 21.2 Å². The molecule has 0 rings (SSSR count). The van der Waals surface area contributed by atoms with Crippen LogP contribution < -0.4 is 0 Å². The van der Waals surface area contributed by atoms with Crippen LogP contribution in [0.3, 0.4) is 0 Å². The standard InChI is InChI=1S/C13H26O9P2/c1-11(14)13(12(15)18-2,7-9-23(16,19-3)20-4)8-10-24(17,21-5)22-6/h7-10H2,1-6H3. The van der Waals surface area contributed by atoms with Gasteiger partial charge in [0.1, 0.15) is 11.2 Å². The van der Waals surface area contributed by atoms with Crippen molar-refractivity contribution in [1.82, 2.24) is 0 Å². The predicted molar refractivity (Wildman–Crippen MR) is 87.3 cm³/mol. The van der Waals surface area contributed by atoms with Gasteiger partial charge in [-0.25, -0.2) is 0 Å². The van der Waals surface area contributed by atoms with Crippen LogP contribution in [0.5, 0.6) is 0 Å². The zero-order chi connectivity index (χ0) is 19.0. The van der Waals surface area contributed by atoms with E-state index in [2.05, 4.69) is 0 Å². The van der Waals surface area contributed by atoms with Crippen molar-refractivity contribution in [2.45, 2.75) is 19.8 Å². The fourth-order valence-corrected chi connectivity index (χ4v) is 4.53. The molecule has 0 N–H and O–H groups in total. The Balaban J connectivity index is 5.59. The van der Waals surface area contributed by atoms with Gasteiger partial charge < -0.3 is 22.8 Å². The van der Waals surface area contributed by atoms with E-state index in [4.69, 9.17) is 22.8 Å². The average molecular weight is 388 g/mol. The Labute approximate surface area is 142 Å². The van der Waals surface area contributed by atoms with E-state index in [-0.39, 0.29) is 25.2 Å². The molecule has 0 spiro atoms. The minimum Gasteiger partial charge on any atom is -0.468 e. The lowest BCUT2D eigenvalue weighted by Crippen LogP contribution is -2.41. The molecular formula is C13H26O9P2. The zero-order valence-electron chi connectivity index (χ0n) is 14.9. The first kappa shape index (κ1) is 23.4. The van der Waals surface area contributed by atoms with Crippen LogP contribution in [-0.2, 0) is 41.6 Å². The van der Waals surface area contributed by atoms with Gasteiger partial charge in [-0.1, -0.05) is 0 Å². The molecule has 0 aromatic carbocycles. The third kappa shape index (κ3) is 5.76. The minimum atomic E-state index is -3.44. The molecule has 0 heterocycles. The Morgan fingerprint density at radius 3 is 1.33 bits per heavy atom. The van der Waals surface area contributed by atoms with E-state index in [1.54, 1.807) is 0 Å². The molecule has 0 aromatic rings. The molecule has 0 saturated heterocycles. The molecule has 0 amide bonds. The molecule has 11 heteroatoms. The number of carbonyl (C=O) groups is 2. The Morgan fingerprint density at radius 1 is 0.792 bits per heavy atom. The summed E-state index contributed by atoms with van der Waals surface area (Å²) in [7, 11) is -0.896. The van der Waals surface area contributed by atoms with Gasteiger partial charge in [0.25, 0.3) is 0 Å². The lowest BCUT2D eigenvalue weighted by Gasteiger charge is -2.30. The summed E-state index contributed by atoms with van der Waals surface area (Å²) in [6, 6.07) is 0. The van der Waals surface area contributed by atoms with Crippen molar-refractivity contribution in [3.63, 3.8) is 0 Å². The number of methoxy groups -OCH3 is 1. The number of esters is 1. The van der Waals surface area contributed by atoms with Crippen LogP contribution in [-0.4, -0.2) is 59.6 Å². The van der Waals surface area contributed by atoms with Gasteiger partial charge in [-0.05, 0) is 19.8 Å². The summed E-state index contributed by atoms with van der Waals surface area (Å²) in [6.45, 7) is 1.21. The summed E-state index contributed by atoms with van der Waals surface area (Å²) in [5.41, 5.74) is -1.64. The van der Waals surface area contributed by atoms with E-state index in [1.165, 1.54) is 35.4 Å². The maximum atomic E-state index is 12.3. The zero-order valence-corrected chi connectivity index (χ0v) is 16.7. The van der Waals surface area contributed by atoms with Crippen molar-refractivity contribution in [2.24, 2.45) is 5.41 Å². The second-order valence-corrected chi connectivity index (χ2v) is 9.83. The molecular weight excluding hydrogens is 362 g/mol. The highest BCUT2D eigenvalue weighted by Crippen LogP contribution is 2.52. The van der Waals surface area contributed by atoms with Crippen LogP contribution in [0.2, 0.25) is 0 Å². The van der Waals surface area contributed by atoms with Crippen LogP contribution >= 0.6 is 15.2 Å². The molecule has 0 bridgehead atoms. The molecule has 142 valence electrons.